The number of carbonyl (C=O) groups excluding carboxylic acids is 3. The summed E-state index contributed by atoms with van der Waals surface area (Å²) in [6.07, 6.45) is 0.335. The van der Waals surface area contributed by atoms with Crippen LogP contribution in [0, 0.1) is 0 Å². The first-order valence-electron chi connectivity index (χ1n) is 9.93. The van der Waals surface area contributed by atoms with Gasteiger partial charge in [0.25, 0.3) is 0 Å². The SMILES string of the molecule is COc1ccc2nc(N(CCN3CCOCC3)C(=O)CN3C(=O)CCC3=O)sc2c1. The number of hydrogen-bond acceptors (Lipinski definition) is 8. The first-order valence-corrected chi connectivity index (χ1v) is 10.7. The largest absolute Gasteiger partial charge is 0.497 e. The summed E-state index contributed by atoms with van der Waals surface area (Å²) in [5, 5.41) is 0.551. The normalized spacial score (nSPS) is 17.7. The van der Waals surface area contributed by atoms with Gasteiger partial charge in [-0.25, -0.2) is 4.98 Å². The smallest absolute Gasteiger partial charge is 0.248 e. The monoisotopic (exact) mass is 432 g/mol. The Balaban J connectivity index is 1.56. The number of carbonyl (C=O) groups is 3. The molecule has 30 heavy (non-hydrogen) atoms. The van der Waals surface area contributed by atoms with Gasteiger partial charge in [-0.15, -0.1) is 0 Å². The molecule has 0 radical (unpaired) electrons. The average molecular weight is 433 g/mol. The minimum absolute atomic E-state index is 0.167. The van der Waals surface area contributed by atoms with E-state index < -0.39 is 0 Å². The highest BCUT2D eigenvalue weighted by molar-refractivity contribution is 7.22. The molecule has 0 spiro atoms. The molecule has 0 N–H and O–H groups in total. The second-order valence-corrected chi connectivity index (χ2v) is 8.21. The van der Waals surface area contributed by atoms with Crippen LogP contribution in [0.15, 0.2) is 18.2 Å². The Morgan fingerprint density at radius 1 is 1.23 bits per heavy atom. The van der Waals surface area contributed by atoms with Crippen molar-refractivity contribution in [2.24, 2.45) is 0 Å². The van der Waals surface area contributed by atoms with Gasteiger partial charge in [-0.2, -0.15) is 0 Å². The van der Waals surface area contributed by atoms with Gasteiger partial charge >= 0.3 is 0 Å². The van der Waals surface area contributed by atoms with Crippen molar-refractivity contribution in [2.45, 2.75) is 12.8 Å². The lowest BCUT2D eigenvalue weighted by molar-refractivity contribution is -0.141. The Kier molecular flexibility index (Phi) is 6.26. The molecule has 0 bridgehead atoms. The fraction of sp³-hybridized carbons (Fsp3) is 0.500. The highest BCUT2D eigenvalue weighted by Crippen LogP contribution is 2.31. The zero-order valence-electron chi connectivity index (χ0n) is 16.8. The molecule has 1 aromatic carbocycles. The van der Waals surface area contributed by atoms with E-state index >= 15 is 0 Å². The zero-order chi connectivity index (χ0) is 21.1. The third kappa shape index (κ3) is 4.45. The summed E-state index contributed by atoms with van der Waals surface area (Å²) in [6, 6.07) is 5.56. The van der Waals surface area contributed by atoms with Crippen LogP contribution in [0.5, 0.6) is 5.75 Å². The molecule has 9 nitrogen and oxygen atoms in total. The molecule has 160 valence electrons. The number of likely N-dealkylation sites (tertiary alicyclic amines) is 1. The standard InChI is InChI=1S/C20H24N4O5S/c1-28-14-2-3-15-16(12-14)30-20(21-15)23(7-6-22-8-10-29-11-9-22)19(27)13-24-17(25)4-5-18(24)26/h2-3,12H,4-11,13H2,1H3. The number of amides is 3. The van der Waals surface area contributed by atoms with Crippen LogP contribution in [0.25, 0.3) is 10.2 Å². The van der Waals surface area contributed by atoms with E-state index in [0.29, 0.717) is 31.4 Å². The van der Waals surface area contributed by atoms with Crippen LogP contribution < -0.4 is 9.64 Å². The second kappa shape index (κ2) is 9.07. The number of methoxy groups -OCH3 is 1. The predicted octanol–water partition coefficient (Wildman–Crippen LogP) is 1.12. The van der Waals surface area contributed by atoms with Crippen molar-refractivity contribution in [3.63, 3.8) is 0 Å². The second-order valence-electron chi connectivity index (χ2n) is 7.20. The van der Waals surface area contributed by atoms with Crippen LogP contribution >= 0.6 is 11.3 Å². The molecule has 0 saturated carbocycles. The quantitative estimate of drug-likeness (QED) is 0.606. The van der Waals surface area contributed by atoms with Crippen LogP contribution in [0.2, 0.25) is 0 Å². The number of aromatic nitrogens is 1. The van der Waals surface area contributed by atoms with E-state index in [1.54, 1.807) is 12.0 Å². The predicted molar refractivity (Wildman–Crippen MR) is 112 cm³/mol. The summed E-state index contributed by atoms with van der Waals surface area (Å²) in [7, 11) is 1.60. The Morgan fingerprint density at radius 2 is 1.97 bits per heavy atom. The highest BCUT2D eigenvalue weighted by Gasteiger charge is 2.33. The minimum atomic E-state index is -0.308. The van der Waals surface area contributed by atoms with Gasteiger partial charge in [0, 0.05) is 39.0 Å². The molecule has 0 unspecified atom stereocenters. The highest BCUT2D eigenvalue weighted by atomic mass is 32.1. The Morgan fingerprint density at radius 3 is 2.67 bits per heavy atom. The first-order chi connectivity index (χ1) is 14.5. The van der Waals surface area contributed by atoms with E-state index in [2.05, 4.69) is 9.88 Å². The molecule has 2 aliphatic rings. The first kappa shape index (κ1) is 20.7. The van der Waals surface area contributed by atoms with Crippen molar-refractivity contribution in [2.75, 3.05) is 57.9 Å². The lowest BCUT2D eigenvalue weighted by atomic mass is 10.3. The molecule has 4 rings (SSSR count). The lowest BCUT2D eigenvalue weighted by Gasteiger charge is -2.29. The van der Waals surface area contributed by atoms with Gasteiger partial charge < -0.3 is 9.47 Å². The molecular formula is C20H24N4O5S. The molecule has 2 aromatic rings. The van der Waals surface area contributed by atoms with Crippen molar-refractivity contribution < 1.29 is 23.9 Å². The topological polar surface area (TPSA) is 92.3 Å². The maximum atomic E-state index is 13.1. The number of imide groups is 1. The molecule has 2 aliphatic heterocycles. The molecule has 3 heterocycles. The van der Waals surface area contributed by atoms with Crippen LogP contribution in [-0.4, -0.2) is 85.6 Å². The van der Waals surface area contributed by atoms with Gasteiger partial charge in [0.1, 0.15) is 12.3 Å². The summed E-state index contributed by atoms with van der Waals surface area (Å²) >= 11 is 1.39. The lowest BCUT2D eigenvalue weighted by Crippen LogP contribution is -2.47. The number of fused-ring (bicyclic) bond motifs is 1. The molecule has 0 aliphatic carbocycles. The third-order valence-electron chi connectivity index (χ3n) is 5.31. The number of rotatable bonds is 7. The van der Waals surface area contributed by atoms with Crippen molar-refractivity contribution in [1.82, 2.24) is 14.8 Å². The molecular weight excluding hydrogens is 408 g/mol. The van der Waals surface area contributed by atoms with Gasteiger partial charge in [-0.1, -0.05) is 11.3 Å². The van der Waals surface area contributed by atoms with E-state index in [1.165, 1.54) is 11.3 Å². The summed E-state index contributed by atoms with van der Waals surface area (Å²) < 4.78 is 11.6. The van der Waals surface area contributed by atoms with Crippen LogP contribution in [-0.2, 0) is 19.1 Å². The van der Waals surface area contributed by atoms with Crippen molar-refractivity contribution in [3.8, 4) is 5.75 Å². The maximum Gasteiger partial charge on any atom is 0.248 e. The minimum Gasteiger partial charge on any atom is -0.497 e. The Bertz CT molecular complexity index is 940. The number of thiazole rings is 1. The number of nitrogens with zero attached hydrogens (tertiary/aromatic N) is 4. The van der Waals surface area contributed by atoms with Crippen molar-refractivity contribution in [1.29, 1.82) is 0 Å². The Hall–Kier alpha value is -2.56. The number of hydrogen-bond donors (Lipinski definition) is 0. The fourth-order valence-electron chi connectivity index (χ4n) is 3.55. The summed E-state index contributed by atoms with van der Waals surface area (Å²) in [5.41, 5.74) is 0.772. The molecule has 0 atom stereocenters. The van der Waals surface area contributed by atoms with Gasteiger partial charge in [0.05, 0.1) is 30.5 Å². The number of morpholine rings is 1. The molecule has 3 amide bonds. The van der Waals surface area contributed by atoms with Gasteiger partial charge in [0.2, 0.25) is 17.7 Å². The number of benzene rings is 1. The van der Waals surface area contributed by atoms with E-state index in [1.807, 2.05) is 18.2 Å². The van der Waals surface area contributed by atoms with E-state index in [0.717, 1.165) is 34.0 Å². The maximum absolute atomic E-state index is 13.1. The molecule has 2 saturated heterocycles. The molecule has 1 aromatic heterocycles. The van der Waals surface area contributed by atoms with Crippen LogP contribution in [0.3, 0.4) is 0 Å². The summed E-state index contributed by atoms with van der Waals surface area (Å²) in [4.78, 5) is 46.6. The zero-order valence-corrected chi connectivity index (χ0v) is 17.7. The van der Waals surface area contributed by atoms with Gasteiger partial charge in [-0.3, -0.25) is 29.1 Å². The number of anilines is 1. The Labute approximate surface area is 178 Å². The number of ether oxygens (including phenoxy) is 2. The fourth-order valence-corrected chi connectivity index (χ4v) is 4.59. The van der Waals surface area contributed by atoms with E-state index in [-0.39, 0.29) is 37.1 Å². The van der Waals surface area contributed by atoms with Crippen molar-refractivity contribution >= 4 is 44.4 Å². The van der Waals surface area contributed by atoms with E-state index in [4.69, 9.17) is 9.47 Å². The van der Waals surface area contributed by atoms with Crippen LogP contribution in [0.4, 0.5) is 5.13 Å². The molecule has 10 heteroatoms. The van der Waals surface area contributed by atoms with Crippen LogP contribution in [0.1, 0.15) is 12.8 Å². The summed E-state index contributed by atoms with van der Waals surface area (Å²) in [5.74, 6) is -0.180. The van der Waals surface area contributed by atoms with Crippen molar-refractivity contribution in [3.05, 3.63) is 18.2 Å². The van der Waals surface area contributed by atoms with Gasteiger partial charge in [0.15, 0.2) is 5.13 Å². The average Bonchev–Trinajstić information content (AvgIpc) is 3.32. The van der Waals surface area contributed by atoms with Gasteiger partial charge in [-0.05, 0) is 18.2 Å². The third-order valence-corrected chi connectivity index (χ3v) is 6.35. The summed E-state index contributed by atoms with van der Waals surface area (Å²) in [6.45, 7) is 3.80. The molecule has 2 fully saturated rings. The van der Waals surface area contributed by atoms with E-state index in [9.17, 15) is 14.4 Å².